The summed E-state index contributed by atoms with van der Waals surface area (Å²) in [5.74, 6) is -1.44. The first-order chi connectivity index (χ1) is 13.9. The predicted octanol–water partition coefficient (Wildman–Crippen LogP) is 5.18. The average molecular weight is 458 g/mol. The van der Waals surface area contributed by atoms with Gasteiger partial charge < -0.3 is 10.4 Å². The Kier molecular flexibility index (Phi) is 4.79. The number of phenolic OH excluding ortho intramolecular Hbond substituents is 1. The lowest BCUT2D eigenvalue weighted by molar-refractivity contribution is 0.432. The number of nitrogens with zero attached hydrogens (tertiary/aromatic N) is 2. The van der Waals surface area contributed by atoms with Gasteiger partial charge in [-0.15, -0.1) is 0 Å². The molecule has 0 saturated carbocycles. The van der Waals surface area contributed by atoms with E-state index in [0.717, 1.165) is 6.07 Å². The summed E-state index contributed by atoms with van der Waals surface area (Å²) in [4.78, 5) is 17.6. The number of anilines is 2. The van der Waals surface area contributed by atoms with Crippen molar-refractivity contribution < 1.29 is 13.9 Å². The third-order valence-electron chi connectivity index (χ3n) is 4.55. The number of fused-ring (bicyclic) bond motifs is 1. The van der Waals surface area contributed by atoms with E-state index in [2.05, 4.69) is 26.2 Å². The minimum atomic E-state index is -0.795. The number of nitrogens with one attached hydrogen (secondary N) is 1. The summed E-state index contributed by atoms with van der Waals surface area (Å²) >= 11 is 3.54. The predicted molar refractivity (Wildman–Crippen MR) is 111 cm³/mol. The standard InChI is InChI=1S/C21H14BrF2N3O2/c1-11-19(22)15-8-9-25-20(26-13-4-7-17(28)16(24)10-13)18(15)21(29)27(11)14-5-2-12(23)3-6-14/h2-10,28H,1H3,(H,25,26). The van der Waals surface area contributed by atoms with Crippen LogP contribution in [0.2, 0.25) is 0 Å². The van der Waals surface area contributed by atoms with Crippen LogP contribution in [-0.4, -0.2) is 14.7 Å². The van der Waals surface area contributed by atoms with Crippen molar-refractivity contribution in [1.82, 2.24) is 9.55 Å². The van der Waals surface area contributed by atoms with Gasteiger partial charge in [0.15, 0.2) is 11.6 Å². The highest BCUT2D eigenvalue weighted by atomic mass is 79.9. The number of hydrogen-bond donors (Lipinski definition) is 2. The van der Waals surface area contributed by atoms with E-state index < -0.39 is 17.4 Å². The first-order valence-electron chi connectivity index (χ1n) is 8.58. The number of aromatic nitrogens is 2. The fraction of sp³-hybridized carbons (Fsp3) is 0.0476. The van der Waals surface area contributed by atoms with Crippen molar-refractivity contribution >= 4 is 38.2 Å². The molecule has 0 aliphatic carbocycles. The third kappa shape index (κ3) is 3.36. The second-order valence-electron chi connectivity index (χ2n) is 6.39. The Balaban J connectivity index is 1.96. The van der Waals surface area contributed by atoms with Crippen LogP contribution in [0.5, 0.6) is 5.75 Å². The minimum absolute atomic E-state index is 0.231. The Morgan fingerprint density at radius 2 is 1.83 bits per heavy atom. The van der Waals surface area contributed by atoms with Gasteiger partial charge in [-0.25, -0.2) is 13.8 Å². The van der Waals surface area contributed by atoms with E-state index in [4.69, 9.17) is 0 Å². The first kappa shape index (κ1) is 19.1. The zero-order valence-corrected chi connectivity index (χ0v) is 16.7. The zero-order chi connectivity index (χ0) is 20.7. The van der Waals surface area contributed by atoms with Gasteiger partial charge in [0.25, 0.3) is 5.56 Å². The molecule has 2 N–H and O–H groups in total. The molecule has 4 aromatic rings. The lowest BCUT2D eigenvalue weighted by Crippen LogP contribution is -2.22. The van der Waals surface area contributed by atoms with Crippen molar-refractivity contribution in [3.05, 3.63) is 86.9 Å². The van der Waals surface area contributed by atoms with Gasteiger partial charge in [0.05, 0.1) is 5.39 Å². The third-order valence-corrected chi connectivity index (χ3v) is 5.55. The largest absolute Gasteiger partial charge is 0.505 e. The molecule has 0 fully saturated rings. The second-order valence-corrected chi connectivity index (χ2v) is 7.18. The van der Waals surface area contributed by atoms with E-state index in [9.17, 15) is 18.7 Å². The van der Waals surface area contributed by atoms with Crippen LogP contribution in [-0.2, 0) is 0 Å². The summed E-state index contributed by atoms with van der Waals surface area (Å²) in [5.41, 5.74) is 1.11. The van der Waals surface area contributed by atoms with Crippen molar-refractivity contribution in [2.45, 2.75) is 6.92 Å². The molecule has 8 heteroatoms. The van der Waals surface area contributed by atoms with Gasteiger partial charge >= 0.3 is 0 Å². The molecule has 0 amide bonds. The maximum atomic E-state index is 13.7. The van der Waals surface area contributed by atoms with Crippen LogP contribution in [0.25, 0.3) is 16.5 Å². The molecule has 0 unspecified atom stereocenters. The zero-order valence-electron chi connectivity index (χ0n) is 15.1. The highest BCUT2D eigenvalue weighted by molar-refractivity contribution is 9.10. The number of rotatable bonds is 3. The molecule has 0 aliphatic heterocycles. The normalized spacial score (nSPS) is 11.0. The van der Waals surface area contributed by atoms with Gasteiger partial charge in [-0.05, 0) is 65.3 Å². The van der Waals surface area contributed by atoms with Crippen LogP contribution in [0.3, 0.4) is 0 Å². The van der Waals surface area contributed by atoms with Crippen LogP contribution >= 0.6 is 15.9 Å². The summed E-state index contributed by atoms with van der Waals surface area (Å²) in [7, 11) is 0. The van der Waals surface area contributed by atoms with Gasteiger partial charge in [0.1, 0.15) is 11.6 Å². The Bertz CT molecular complexity index is 1300. The molecule has 29 heavy (non-hydrogen) atoms. The van der Waals surface area contributed by atoms with Gasteiger partial charge in [-0.2, -0.15) is 0 Å². The smallest absolute Gasteiger partial charge is 0.267 e. The quantitative estimate of drug-likeness (QED) is 0.415. The van der Waals surface area contributed by atoms with E-state index in [-0.39, 0.29) is 16.8 Å². The number of aromatic hydroxyl groups is 1. The molecule has 2 aromatic heterocycles. The van der Waals surface area contributed by atoms with Crippen LogP contribution in [0.4, 0.5) is 20.3 Å². The van der Waals surface area contributed by atoms with Crippen molar-refractivity contribution in [2.75, 3.05) is 5.32 Å². The molecular formula is C21H14BrF2N3O2. The molecule has 0 bridgehead atoms. The Hall–Kier alpha value is -3.26. The molecule has 146 valence electrons. The molecular weight excluding hydrogens is 444 g/mol. The lowest BCUT2D eigenvalue weighted by atomic mass is 10.1. The molecule has 2 heterocycles. The molecule has 5 nitrogen and oxygen atoms in total. The van der Waals surface area contributed by atoms with Gasteiger partial charge in [-0.1, -0.05) is 0 Å². The van der Waals surface area contributed by atoms with E-state index in [1.165, 1.54) is 47.2 Å². The highest BCUT2D eigenvalue weighted by Gasteiger charge is 2.17. The Morgan fingerprint density at radius 1 is 1.10 bits per heavy atom. The van der Waals surface area contributed by atoms with E-state index in [1.807, 2.05) is 0 Å². The Morgan fingerprint density at radius 3 is 2.52 bits per heavy atom. The highest BCUT2D eigenvalue weighted by Crippen LogP contribution is 2.31. The van der Waals surface area contributed by atoms with Crippen molar-refractivity contribution in [3.8, 4) is 11.4 Å². The number of benzene rings is 2. The number of halogens is 3. The SMILES string of the molecule is Cc1c(Br)c2ccnc(Nc3ccc(O)c(F)c3)c2c(=O)n1-c1ccc(F)cc1. The fourth-order valence-electron chi connectivity index (χ4n) is 3.14. The fourth-order valence-corrected chi connectivity index (χ4v) is 3.64. The van der Waals surface area contributed by atoms with Crippen molar-refractivity contribution in [2.24, 2.45) is 0 Å². The summed E-state index contributed by atoms with van der Waals surface area (Å²) in [6.45, 7) is 1.77. The van der Waals surface area contributed by atoms with Gasteiger partial charge in [0, 0.05) is 39.2 Å². The van der Waals surface area contributed by atoms with Crippen LogP contribution in [0, 0.1) is 18.6 Å². The molecule has 0 spiro atoms. The summed E-state index contributed by atoms with van der Waals surface area (Å²) in [5, 5.41) is 13.2. The molecule has 0 atom stereocenters. The number of pyridine rings is 2. The molecule has 4 rings (SSSR count). The van der Waals surface area contributed by atoms with E-state index >= 15 is 0 Å². The minimum Gasteiger partial charge on any atom is -0.505 e. The summed E-state index contributed by atoms with van der Waals surface area (Å²) in [6.07, 6.45) is 1.54. The van der Waals surface area contributed by atoms with Gasteiger partial charge in [0.2, 0.25) is 0 Å². The summed E-state index contributed by atoms with van der Waals surface area (Å²) in [6, 6.07) is 11.1. The van der Waals surface area contributed by atoms with E-state index in [0.29, 0.717) is 26.9 Å². The maximum absolute atomic E-state index is 13.7. The monoisotopic (exact) mass is 457 g/mol. The maximum Gasteiger partial charge on any atom is 0.267 e. The number of hydrogen-bond acceptors (Lipinski definition) is 4. The molecule has 0 aliphatic rings. The first-order valence-corrected chi connectivity index (χ1v) is 9.37. The Labute approximate surface area is 172 Å². The molecule has 0 radical (unpaired) electrons. The second kappa shape index (κ2) is 7.29. The van der Waals surface area contributed by atoms with Crippen molar-refractivity contribution in [1.29, 1.82) is 0 Å². The average Bonchev–Trinajstić information content (AvgIpc) is 2.70. The topological polar surface area (TPSA) is 67.2 Å². The summed E-state index contributed by atoms with van der Waals surface area (Å²) < 4.78 is 29.2. The van der Waals surface area contributed by atoms with Gasteiger partial charge in [-0.3, -0.25) is 9.36 Å². The lowest BCUT2D eigenvalue weighted by Gasteiger charge is -2.16. The molecule has 2 aromatic carbocycles. The van der Waals surface area contributed by atoms with Crippen LogP contribution in [0.1, 0.15) is 5.69 Å². The van der Waals surface area contributed by atoms with Crippen LogP contribution < -0.4 is 10.9 Å². The van der Waals surface area contributed by atoms with Crippen molar-refractivity contribution in [3.63, 3.8) is 0 Å². The van der Waals surface area contributed by atoms with Crippen LogP contribution in [0.15, 0.2) is 64.0 Å². The van der Waals surface area contributed by atoms with E-state index in [1.54, 1.807) is 13.0 Å². The molecule has 0 saturated heterocycles. The number of phenols is 1.